The predicted molar refractivity (Wildman–Crippen MR) is 117 cm³/mol. The normalized spacial score (nSPS) is 20.3. The standard InChI is InChI=1S/C24H30N2O5/c1-5-6-7-11-31-23(28)20-15(2)25-18-13-24(3,4)14-19(27)22(18)21(20)16-9-8-10-17(12-16)26(29)30/h8-10,12,21,25H,5-7,11,13-14H2,1-4H3. The monoisotopic (exact) mass is 426 g/mol. The number of nitro groups is 1. The molecule has 1 N–H and O–H groups in total. The molecular weight excluding hydrogens is 396 g/mol. The van der Waals surface area contributed by atoms with Crippen LogP contribution in [-0.2, 0) is 14.3 Å². The Morgan fingerprint density at radius 1 is 1.29 bits per heavy atom. The summed E-state index contributed by atoms with van der Waals surface area (Å²) in [4.78, 5) is 37.2. The van der Waals surface area contributed by atoms with Gasteiger partial charge in [-0.1, -0.05) is 45.7 Å². The van der Waals surface area contributed by atoms with Gasteiger partial charge in [0.25, 0.3) is 5.69 Å². The molecule has 0 spiro atoms. The van der Waals surface area contributed by atoms with Gasteiger partial charge in [-0.05, 0) is 30.7 Å². The summed E-state index contributed by atoms with van der Waals surface area (Å²) in [6.07, 6.45) is 3.76. The van der Waals surface area contributed by atoms with Crippen LogP contribution in [0.3, 0.4) is 0 Å². The first kappa shape index (κ1) is 22.7. The molecular formula is C24H30N2O5. The van der Waals surface area contributed by atoms with Crippen molar-refractivity contribution in [2.75, 3.05) is 6.61 Å². The number of esters is 1. The van der Waals surface area contributed by atoms with Crippen LogP contribution in [0.5, 0.6) is 0 Å². The highest BCUT2D eigenvalue weighted by Gasteiger charge is 2.43. The molecule has 1 aromatic rings. The Morgan fingerprint density at radius 3 is 2.71 bits per heavy atom. The number of carbonyl (C=O) groups excluding carboxylic acids is 2. The molecule has 7 heteroatoms. The Labute approximate surface area is 182 Å². The molecule has 0 aromatic heterocycles. The highest BCUT2D eigenvalue weighted by molar-refractivity contribution is 6.04. The van der Waals surface area contributed by atoms with E-state index in [1.807, 2.05) is 13.8 Å². The van der Waals surface area contributed by atoms with E-state index in [1.54, 1.807) is 19.1 Å². The number of unbranched alkanes of at least 4 members (excludes halogenated alkanes) is 2. The first-order valence-electron chi connectivity index (χ1n) is 10.8. The second kappa shape index (κ2) is 9.04. The van der Waals surface area contributed by atoms with E-state index in [4.69, 9.17) is 4.74 Å². The summed E-state index contributed by atoms with van der Waals surface area (Å²) >= 11 is 0. The third kappa shape index (κ3) is 4.86. The van der Waals surface area contributed by atoms with Crippen molar-refractivity contribution in [2.45, 2.75) is 65.7 Å². The number of ketones is 1. The molecule has 0 saturated heterocycles. The van der Waals surface area contributed by atoms with Gasteiger partial charge < -0.3 is 10.1 Å². The highest BCUT2D eigenvalue weighted by Crippen LogP contribution is 2.47. The molecule has 1 aromatic carbocycles. The number of hydrogen-bond acceptors (Lipinski definition) is 6. The first-order valence-corrected chi connectivity index (χ1v) is 10.8. The molecule has 31 heavy (non-hydrogen) atoms. The van der Waals surface area contributed by atoms with Gasteiger partial charge in [0.05, 0.1) is 17.1 Å². The van der Waals surface area contributed by atoms with E-state index in [2.05, 4.69) is 12.2 Å². The fourth-order valence-corrected chi connectivity index (χ4v) is 4.45. The van der Waals surface area contributed by atoms with Crippen LogP contribution in [0, 0.1) is 15.5 Å². The summed E-state index contributed by atoms with van der Waals surface area (Å²) < 4.78 is 5.53. The largest absolute Gasteiger partial charge is 0.462 e. The third-order valence-corrected chi connectivity index (χ3v) is 5.86. The van der Waals surface area contributed by atoms with Crippen LogP contribution in [0.1, 0.15) is 71.3 Å². The molecule has 1 unspecified atom stereocenters. The van der Waals surface area contributed by atoms with E-state index in [-0.39, 0.29) is 16.9 Å². The number of dihydropyridines is 1. The fourth-order valence-electron chi connectivity index (χ4n) is 4.45. The lowest BCUT2D eigenvalue weighted by molar-refractivity contribution is -0.384. The maximum Gasteiger partial charge on any atom is 0.336 e. The minimum absolute atomic E-state index is 0.0426. The lowest BCUT2D eigenvalue weighted by Gasteiger charge is -2.39. The van der Waals surface area contributed by atoms with E-state index >= 15 is 0 Å². The smallest absolute Gasteiger partial charge is 0.336 e. The molecule has 166 valence electrons. The van der Waals surface area contributed by atoms with Crippen molar-refractivity contribution >= 4 is 17.4 Å². The van der Waals surface area contributed by atoms with E-state index in [1.165, 1.54) is 12.1 Å². The Morgan fingerprint density at radius 2 is 2.03 bits per heavy atom. The molecule has 0 amide bonds. The molecule has 1 heterocycles. The summed E-state index contributed by atoms with van der Waals surface area (Å²) in [6.45, 7) is 8.24. The number of nitrogens with one attached hydrogen (secondary N) is 1. The molecule has 2 aliphatic rings. The van der Waals surface area contributed by atoms with Crippen LogP contribution in [0.2, 0.25) is 0 Å². The van der Waals surface area contributed by atoms with Gasteiger partial charge in [-0.25, -0.2) is 4.79 Å². The molecule has 0 saturated carbocycles. The number of benzene rings is 1. The molecule has 1 aliphatic carbocycles. The van der Waals surface area contributed by atoms with Crippen LogP contribution in [-0.4, -0.2) is 23.3 Å². The first-order chi connectivity index (χ1) is 14.6. The molecule has 3 rings (SSSR count). The van der Waals surface area contributed by atoms with Crippen molar-refractivity contribution in [3.8, 4) is 0 Å². The zero-order valence-corrected chi connectivity index (χ0v) is 18.6. The zero-order chi connectivity index (χ0) is 22.8. The molecule has 0 radical (unpaired) electrons. The molecule has 1 aliphatic heterocycles. The Kier molecular flexibility index (Phi) is 6.62. The maximum atomic E-state index is 13.2. The lowest BCUT2D eigenvalue weighted by Crippen LogP contribution is -2.38. The fraction of sp³-hybridized carbons (Fsp3) is 0.500. The summed E-state index contributed by atoms with van der Waals surface area (Å²) in [5, 5.41) is 14.6. The molecule has 7 nitrogen and oxygen atoms in total. The van der Waals surface area contributed by atoms with Crippen LogP contribution < -0.4 is 5.32 Å². The number of ether oxygens (including phenoxy) is 1. The average molecular weight is 427 g/mol. The van der Waals surface area contributed by atoms with E-state index in [0.29, 0.717) is 41.9 Å². The SMILES string of the molecule is CCCCCOC(=O)C1=C(C)NC2=C(C(=O)CC(C)(C)C2)C1c1cccc([N+](=O)[O-])c1. The van der Waals surface area contributed by atoms with Crippen molar-refractivity contribution in [1.29, 1.82) is 0 Å². The quantitative estimate of drug-likeness (QED) is 0.287. The number of carbonyl (C=O) groups is 2. The van der Waals surface area contributed by atoms with Gasteiger partial charge >= 0.3 is 5.97 Å². The third-order valence-electron chi connectivity index (χ3n) is 5.86. The van der Waals surface area contributed by atoms with Gasteiger partial charge in [0, 0.05) is 41.4 Å². The highest BCUT2D eigenvalue weighted by atomic mass is 16.6. The van der Waals surface area contributed by atoms with Gasteiger partial charge in [-0.2, -0.15) is 0 Å². The number of non-ortho nitro benzene ring substituents is 1. The second-order valence-electron chi connectivity index (χ2n) is 9.12. The van der Waals surface area contributed by atoms with Crippen LogP contribution >= 0.6 is 0 Å². The zero-order valence-electron chi connectivity index (χ0n) is 18.6. The Bertz CT molecular complexity index is 974. The Balaban J connectivity index is 2.07. The van der Waals surface area contributed by atoms with Gasteiger partial charge in [0.15, 0.2) is 5.78 Å². The number of rotatable bonds is 7. The number of hydrogen-bond donors (Lipinski definition) is 1. The predicted octanol–water partition coefficient (Wildman–Crippen LogP) is 4.93. The summed E-state index contributed by atoms with van der Waals surface area (Å²) in [5.41, 5.74) is 2.56. The topological polar surface area (TPSA) is 98.5 Å². The van der Waals surface area contributed by atoms with Crippen molar-refractivity contribution in [1.82, 2.24) is 5.32 Å². The maximum absolute atomic E-state index is 13.2. The van der Waals surface area contributed by atoms with Crippen molar-refractivity contribution in [2.24, 2.45) is 5.41 Å². The van der Waals surface area contributed by atoms with Gasteiger partial charge in [-0.15, -0.1) is 0 Å². The minimum Gasteiger partial charge on any atom is -0.462 e. The van der Waals surface area contributed by atoms with Crippen LogP contribution in [0.4, 0.5) is 5.69 Å². The molecule has 0 fully saturated rings. The lowest BCUT2D eigenvalue weighted by atomic mass is 9.68. The summed E-state index contributed by atoms with van der Waals surface area (Å²) in [5.74, 6) is -1.21. The Hall–Kier alpha value is -2.96. The number of allylic oxidation sites excluding steroid dienone is 3. The van der Waals surface area contributed by atoms with Crippen molar-refractivity contribution < 1.29 is 19.2 Å². The van der Waals surface area contributed by atoms with Crippen LogP contribution in [0.15, 0.2) is 46.8 Å². The summed E-state index contributed by atoms with van der Waals surface area (Å²) in [6, 6.07) is 6.18. The van der Waals surface area contributed by atoms with E-state index in [9.17, 15) is 19.7 Å². The molecule has 0 bridgehead atoms. The van der Waals surface area contributed by atoms with E-state index < -0.39 is 16.8 Å². The number of nitrogens with zero attached hydrogens (tertiary/aromatic N) is 1. The van der Waals surface area contributed by atoms with Crippen molar-refractivity contribution in [3.63, 3.8) is 0 Å². The average Bonchev–Trinajstić information content (AvgIpc) is 2.69. The van der Waals surface area contributed by atoms with Crippen LogP contribution in [0.25, 0.3) is 0 Å². The number of nitro benzene ring substituents is 1. The summed E-state index contributed by atoms with van der Waals surface area (Å²) in [7, 11) is 0. The van der Waals surface area contributed by atoms with E-state index in [0.717, 1.165) is 25.0 Å². The van der Waals surface area contributed by atoms with Gasteiger partial charge in [0.1, 0.15) is 0 Å². The van der Waals surface area contributed by atoms with Crippen molar-refractivity contribution in [3.05, 3.63) is 62.5 Å². The minimum atomic E-state index is -0.682. The molecule has 1 atom stereocenters. The van der Waals surface area contributed by atoms with Gasteiger partial charge in [0.2, 0.25) is 0 Å². The number of Topliss-reactive ketones (excluding diaryl/α,β-unsaturated/α-hetero) is 1. The van der Waals surface area contributed by atoms with Gasteiger partial charge in [-0.3, -0.25) is 14.9 Å². The second-order valence-corrected chi connectivity index (χ2v) is 9.12.